The van der Waals surface area contributed by atoms with Crippen molar-refractivity contribution in [2.45, 2.75) is 43.4 Å². The number of benzene rings is 1. The van der Waals surface area contributed by atoms with Crippen LogP contribution in [0.5, 0.6) is 0 Å². The van der Waals surface area contributed by atoms with E-state index in [1.807, 2.05) is 22.6 Å². The third kappa shape index (κ3) is 3.48. The van der Waals surface area contributed by atoms with E-state index in [0.29, 0.717) is 36.3 Å². The second kappa shape index (κ2) is 7.24. The molecular formula is C19H26N4O3S. The molecule has 0 unspecified atom stereocenters. The van der Waals surface area contributed by atoms with Gasteiger partial charge in [-0.25, -0.2) is 13.4 Å². The van der Waals surface area contributed by atoms with Crippen LogP contribution in [0.1, 0.15) is 37.9 Å². The van der Waals surface area contributed by atoms with Gasteiger partial charge in [-0.2, -0.15) is 4.31 Å². The van der Waals surface area contributed by atoms with Gasteiger partial charge in [0.25, 0.3) is 0 Å². The summed E-state index contributed by atoms with van der Waals surface area (Å²) in [5, 5.41) is 0. The second-order valence-electron chi connectivity index (χ2n) is 7.44. The van der Waals surface area contributed by atoms with Crippen molar-refractivity contribution in [1.82, 2.24) is 18.8 Å². The number of carbonyl (C=O) groups is 1. The van der Waals surface area contributed by atoms with Crippen molar-refractivity contribution in [1.29, 1.82) is 0 Å². The number of aromatic nitrogens is 2. The van der Waals surface area contributed by atoms with Crippen LogP contribution in [-0.4, -0.2) is 59.3 Å². The van der Waals surface area contributed by atoms with Gasteiger partial charge in [-0.3, -0.25) is 4.79 Å². The molecule has 2 aliphatic rings. The Morgan fingerprint density at radius 1 is 1.07 bits per heavy atom. The Bertz CT molecular complexity index is 955. The highest BCUT2D eigenvalue weighted by atomic mass is 32.2. The zero-order chi connectivity index (χ0) is 19.0. The Morgan fingerprint density at radius 2 is 1.74 bits per heavy atom. The third-order valence-corrected chi connectivity index (χ3v) is 7.56. The van der Waals surface area contributed by atoms with Gasteiger partial charge in [-0.1, -0.05) is 0 Å². The lowest BCUT2D eigenvalue weighted by atomic mass is 10.2. The number of rotatable bonds is 5. The average Bonchev–Trinajstić information content (AvgIpc) is 3.41. The van der Waals surface area contributed by atoms with Crippen molar-refractivity contribution in [2.24, 2.45) is 7.05 Å². The maximum Gasteiger partial charge on any atom is 0.243 e. The molecule has 0 spiro atoms. The summed E-state index contributed by atoms with van der Waals surface area (Å²) >= 11 is 0. The minimum Gasteiger partial charge on any atom is -0.343 e. The van der Waals surface area contributed by atoms with Crippen LogP contribution in [0.2, 0.25) is 0 Å². The molecule has 1 aromatic carbocycles. The number of fused-ring (bicyclic) bond motifs is 1. The summed E-state index contributed by atoms with van der Waals surface area (Å²) in [6.45, 7) is 2.90. The molecule has 1 aromatic heterocycles. The number of amides is 1. The molecule has 0 radical (unpaired) electrons. The predicted molar refractivity (Wildman–Crippen MR) is 103 cm³/mol. The van der Waals surface area contributed by atoms with E-state index < -0.39 is 10.0 Å². The van der Waals surface area contributed by atoms with E-state index in [0.717, 1.165) is 50.1 Å². The zero-order valence-corrected chi connectivity index (χ0v) is 16.5. The normalized spacial score (nSPS) is 18.6. The van der Waals surface area contributed by atoms with E-state index in [2.05, 4.69) is 4.98 Å². The van der Waals surface area contributed by atoms with Crippen LogP contribution in [0.25, 0.3) is 11.0 Å². The van der Waals surface area contributed by atoms with E-state index >= 15 is 0 Å². The van der Waals surface area contributed by atoms with Crippen molar-refractivity contribution in [3.8, 4) is 0 Å². The molecule has 146 valence electrons. The fourth-order valence-corrected chi connectivity index (χ4v) is 5.57. The first kappa shape index (κ1) is 18.4. The summed E-state index contributed by atoms with van der Waals surface area (Å²) in [5.41, 5.74) is 1.56. The number of sulfonamides is 1. The summed E-state index contributed by atoms with van der Waals surface area (Å²) in [5.74, 6) is 0.991. The van der Waals surface area contributed by atoms with Gasteiger partial charge in [-0.05, 0) is 43.9 Å². The minimum atomic E-state index is -3.45. The van der Waals surface area contributed by atoms with Gasteiger partial charge in [0.15, 0.2) is 0 Å². The molecule has 3 heterocycles. The lowest BCUT2D eigenvalue weighted by Gasteiger charge is -2.15. The number of likely N-dealkylation sites (tertiary alicyclic amines) is 1. The van der Waals surface area contributed by atoms with Crippen molar-refractivity contribution >= 4 is 27.0 Å². The van der Waals surface area contributed by atoms with Crippen LogP contribution < -0.4 is 0 Å². The van der Waals surface area contributed by atoms with E-state index in [1.165, 1.54) is 0 Å². The van der Waals surface area contributed by atoms with Gasteiger partial charge in [0.1, 0.15) is 5.82 Å². The van der Waals surface area contributed by atoms with E-state index in [4.69, 9.17) is 0 Å². The van der Waals surface area contributed by atoms with Crippen LogP contribution in [0.4, 0.5) is 0 Å². The number of hydrogen-bond acceptors (Lipinski definition) is 4. The molecule has 0 N–H and O–H groups in total. The van der Waals surface area contributed by atoms with Gasteiger partial charge >= 0.3 is 0 Å². The standard InChI is InChI=1S/C19H26N4O3S/c1-21-17-7-6-15(27(25,26)23-12-4-5-13-23)14-16(17)20-18(21)8-9-19(24)22-10-2-3-11-22/h6-7,14H,2-5,8-13H2,1H3. The first-order valence-electron chi connectivity index (χ1n) is 9.70. The summed E-state index contributed by atoms with van der Waals surface area (Å²) in [7, 11) is -1.53. The molecule has 2 saturated heterocycles. The molecular weight excluding hydrogens is 364 g/mol. The van der Waals surface area contributed by atoms with Gasteiger partial charge < -0.3 is 9.47 Å². The molecule has 0 aliphatic carbocycles. The molecule has 0 saturated carbocycles. The molecule has 7 nitrogen and oxygen atoms in total. The predicted octanol–water partition coefficient (Wildman–Crippen LogP) is 1.91. The monoisotopic (exact) mass is 390 g/mol. The number of imidazole rings is 1. The highest BCUT2D eigenvalue weighted by Crippen LogP contribution is 2.25. The van der Waals surface area contributed by atoms with Crippen LogP contribution in [0, 0.1) is 0 Å². The summed E-state index contributed by atoms with van der Waals surface area (Å²) in [6, 6.07) is 5.14. The van der Waals surface area contributed by atoms with Crippen molar-refractivity contribution in [3.05, 3.63) is 24.0 Å². The van der Waals surface area contributed by atoms with Crippen LogP contribution >= 0.6 is 0 Å². The number of aryl methyl sites for hydroxylation is 2. The fourth-order valence-electron chi connectivity index (χ4n) is 4.03. The van der Waals surface area contributed by atoms with Crippen molar-refractivity contribution < 1.29 is 13.2 Å². The van der Waals surface area contributed by atoms with Gasteiger partial charge in [0, 0.05) is 46.1 Å². The van der Waals surface area contributed by atoms with E-state index in [9.17, 15) is 13.2 Å². The average molecular weight is 391 g/mol. The van der Waals surface area contributed by atoms with Crippen molar-refractivity contribution in [3.63, 3.8) is 0 Å². The third-order valence-electron chi connectivity index (χ3n) is 5.67. The van der Waals surface area contributed by atoms with Crippen LogP contribution in [-0.2, 0) is 28.3 Å². The number of carbonyl (C=O) groups excluding carboxylic acids is 1. The Hall–Kier alpha value is -1.93. The molecule has 1 amide bonds. The fraction of sp³-hybridized carbons (Fsp3) is 0.579. The highest BCUT2D eigenvalue weighted by molar-refractivity contribution is 7.89. The van der Waals surface area contributed by atoms with Gasteiger partial charge in [0.05, 0.1) is 15.9 Å². The summed E-state index contributed by atoms with van der Waals surface area (Å²) in [6.07, 6.45) is 5.02. The Morgan fingerprint density at radius 3 is 2.44 bits per heavy atom. The molecule has 0 bridgehead atoms. The summed E-state index contributed by atoms with van der Waals surface area (Å²) in [4.78, 5) is 19.1. The largest absolute Gasteiger partial charge is 0.343 e. The Labute approximate surface area is 160 Å². The summed E-state index contributed by atoms with van der Waals surface area (Å²) < 4.78 is 29.1. The molecule has 8 heteroatoms. The highest BCUT2D eigenvalue weighted by Gasteiger charge is 2.27. The lowest BCUT2D eigenvalue weighted by Crippen LogP contribution is -2.27. The van der Waals surface area contributed by atoms with Gasteiger partial charge in [-0.15, -0.1) is 0 Å². The smallest absolute Gasteiger partial charge is 0.243 e. The zero-order valence-electron chi connectivity index (χ0n) is 15.7. The molecule has 27 heavy (non-hydrogen) atoms. The SMILES string of the molecule is Cn1c(CCC(=O)N2CCCC2)nc2cc(S(=O)(=O)N3CCCC3)ccc21. The van der Waals surface area contributed by atoms with E-state index in [1.54, 1.807) is 16.4 Å². The van der Waals surface area contributed by atoms with Crippen LogP contribution in [0.15, 0.2) is 23.1 Å². The first-order chi connectivity index (χ1) is 13.0. The molecule has 4 rings (SSSR count). The quantitative estimate of drug-likeness (QED) is 0.782. The maximum absolute atomic E-state index is 12.8. The minimum absolute atomic E-state index is 0.178. The maximum atomic E-state index is 12.8. The second-order valence-corrected chi connectivity index (χ2v) is 9.37. The Kier molecular flexibility index (Phi) is 4.94. The van der Waals surface area contributed by atoms with E-state index in [-0.39, 0.29) is 5.91 Å². The molecule has 2 fully saturated rings. The Balaban J connectivity index is 1.55. The molecule has 2 aromatic rings. The number of hydrogen-bond donors (Lipinski definition) is 0. The lowest BCUT2D eigenvalue weighted by molar-refractivity contribution is -0.130. The molecule has 0 atom stereocenters. The topological polar surface area (TPSA) is 75.5 Å². The van der Waals surface area contributed by atoms with Crippen molar-refractivity contribution in [2.75, 3.05) is 26.2 Å². The number of nitrogens with zero attached hydrogens (tertiary/aromatic N) is 4. The van der Waals surface area contributed by atoms with Crippen LogP contribution in [0.3, 0.4) is 0 Å². The molecule has 2 aliphatic heterocycles. The first-order valence-corrected chi connectivity index (χ1v) is 11.1. The van der Waals surface area contributed by atoms with Gasteiger partial charge in [0.2, 0.25) is 15.9 Å².